The fourth-order valence-corrected chi connectivity index (χ4v) is 3.21. The van der Waals surface area contributed by atoms with Gasteiger partial charge in [-0.1, -0.05) is 6.92 Å². The molecule has 1 aromatic rings. The van der Waals surface area contributed by atoms with Crippen LogP contribution < -0.4 is 5.32 Å². The van der Waals surface area contributed by atoms with Gasteiger partial charge in [0.25, 0.3) is 0 Å². The topological polar surface area (TPSA) is 67.2 Å². The van der Waals surface area contributed by atoms with Crippen LogP contribution in [0, 0.1) is 5.92 Å². The van der Waals surface area contributed by atoms with Crippen LogP contribution in [0.5, 0.6) is 0 Å². The molecule has 2 atom stereocenters. The number of carbonyl (C=O) groups excluding carboxylic acids is 2. The van der Waals surface area contributed by atoms with Gasteiger partial charge in [0.05, 0.1) is 6.20 Å². The number of hydrogen-bond acceptors (Lipinski definition) is 3. The third-order valence-corrected chi connectivity index (χ3v) is 4.77. The van der Waals surface area contributed by atoms with Crippen molar-refractivity contribution in [2.75, 3.05) is 0 Å². The standard InChI is InChI=1S/C15H22N4O2/c1-4-12-13(20)19(9-10-7-16-18(3)8-10)15(2,11-5-6-11)14(21)17-12/h7-8,11-12H,4-6,9H2,1-3H3,(H,17,21). The molecule has 1 saturated heterocycles. The van der Waals surface area contributed by atoms with Crippen molar-refractivity contribution in [2.24, 2.45) is 13.0 Å². The molecule has 1 N–H and O–H groups in total. The van der Waals surface area contributed by atoms with E-state index in [2.05, 4.69) is 10.4 Å². The van der Waals surface area contributed by atoms with Crippen LogP contribution in [-0.4, -0.2) is 38.1 Å². The highest BCUT2D eigenvalue weighted by Gasteiger charge is 2.56. The van der Waals surface area contributed by atoms with Crippen LogP contribution in [0.3, 0.4) is 0 Å². The highest BCUT2D eigenvalue weighted by atomic mass is 16.2. The second kappa shape index (κ2) is 4.86. The predicted molar refractivity (Wildman–Crippen MR) is 77.1 cm³/mol. The second-order valence-corrected chi connectivity index (χ2v) is 6.30. The summed E-state index contributed by atoms with van der Waals surface area (Å²) in [6, 6.07) is -0.402. The van der Waals surface area contributed by atoms with Crippen LogP contribution in [0.4, 0.5) is 0 Å². The minimum Gasteiger partial charge on any atom is -0.342 e. The van der Waals surface area contributed by atoms with E-state index >= 15 is 0 Å². The molecule has 2 aliphatic rings. The number of nitrogens with one attached hydrogen (secondary N) is 1. The summed E-state index contributed by atoms with van der Waals surface area (Å²) in [7, 11) is 1.85. The van der Waals surface area contributed by atoms with Gasteiger partial charge in [-0.25, -0.2) is 0 Å². The highest BCUT2D eigenvalue weighted by Crippen LogP contribution is 2.45. The molecule has 2 unspecified atom stereocenters. The summed E-state index contributed by atoms with van der Waals surface area (Å²) in [5.74, 6) is 0.284. The molecule has 6 heteroatoms. The average Bonchev–Trinajstić information content (AvgIpc) is 3.23. The van der Waals surface area contributed by atoms with Gasteiger partial charge < -0.3 is 10.2 Å². The Morgan fingerprint density at radius 1 is 1.43 bits per heavy atom. The van der Waals surface area contributed by atoms with Crippen LogP contribution >= 0.6 is 0 Å². The van der Waals surface area contributed by atoms with E-state index in [1.165, 1.54) is 0 Å². The minimum atomic E-state index is -0.724. The first-order valence-electron chi connectivity index (χ1n) is 7.56. The average molecular weight is 290 g/mol. The Balaban J connectivity index is 1.93. The largest absolute Gasteiger partial charge is 0.342 e. The fourth-order valence-electron chi connectivity index (χ4n) is 3.21. The van der Waals surface area contributed by atoms with E-state index in [9.17, 15) is 9.59 Å². The Bertz CT molecular complexity index is 578. The molecule has 114 valence electrons. The molecule has 1 aliphatic heterocycles. The van der Waals surface area contributed by atoms with E-state index in [1.807, 2.05) is 27.1 Å². The van der Waals surface area contributed by atoms with Gasteiger partial charge in [0.1, 0.15) is 11.6 Å². The van der Waals surface area contributed by atoms with Crippen molar-refractivity contribution < 1.29 is 9.59 Å². The van der Waals surface area contributed by atoms with Gasteiger partial charge in [-0.15, -0.1) is 0 Å². The van der Waals surface area contributed by atoms with E-state index in [1.54, 1.807) is 15.8 Å². The normalized spacial score (nSPS) is 29.7. The van der Waals surface area contributed by atoms with Gasteiger partial charge in [0, 0.05) is 25.4 Å². The van der Waals surface area contributed by atoms with Crippen molar-refractivity contribution in [2.45, 2.75) is 51.2 Å². The Hall–Kier alpha value is -1.85. The smallest absolute Gasteiger partial charge is 0.246 e. The van der Waals surface area contributed by atoms with E-state index in [4.69, 9.17) is 0 Å². The molecule has 1 aromatic heterocycles. The molecule has 1 aliphatic carbocycles. The maximum atomic E-state index is 12.7. The number of amides is 2. The summed E-state index contributed by atoms with van der Waals surface area (Å²) in [6.07, 6.45) is 6.30. The highest BCUT2D eigenvalue weighted by molar-refractivity contribution is 6.00. The van der Waals surface area contributed by atoms with Gasteiger partial charge >= 0.3 is 0 Å². The molecule has 2 amide bonds. The maximum Gasteiger partial charge on any atom is 0.246 e. The van der Waals surface area contributed by atoms with Crippen molar-refractivity contribution in [3.8, 4) is 0 Å². The number of hydrogen-bond donors (Lipinski definition) is 1. The lowest BCUT2D eigenvalue weighted by molar-refractivity contribution is -0.159. The molecule has 3 rings (SSSR count). The monoisotopic (exact) mass is 290 g/mol. The molecule has 2 fully saturated rings. The lowest BCUT2D eigenvalue weighted by Crippen LogP contribution is -2.69. The number of rotatable bonds is 4. The van der Waals surface area contributed by atoms with Crippen LogP contribution in [0.2, 0.25) is 0 Å². The first kappa shape index (κ1) is 14.1. The molecule has 6 nitrogen and oxygen atoms in total. The fraction of sp³-hybridized carbons (Fsp3) is 0.667. The summed E-state index contributed by atoms with van der Waals surface area (Å²) in [5.41, 5.74) is 0.237. The third-order valence-electron chi connectivity index (χ3n) is 4.77. The first-order chi connectivity index (χ1) is 9.96. The Labute approximate surface area is 124 Å². The Morgan fingerprint density at radius 2 is 2.14 bits per heavy atom. The molecule has 21 heavy (non-hydrogen) atoms. The predicted octanol–water partition coefficient (Wildman–Crippen LogP) is 0.826. The zero-order valence-electron chi connectivity index (χ0n) is 12.8. The van der Waals surface area contributed by atoms with Crippen molar-refractivity contribution in [1.82, 2.24) is 20.0 Å². The molecule has 0 spiro atoms. The summed E-state index contributed by atoms with van der Waals surface area (Å²) in [4.78, 5) is 27.1. The maximum absolute atomic E-state index is 12.7. The molecular weight excluding hydrogens is 268 g/mol. The summed E-state index contributed by atoms with van der Waals surface area (Å²) < 4.78 is 1.72. The van der Waals surface area contributed by atoms with E-state index < -0.39 is 11.6 Å². The van der Waals surface area contributed by atoms with Crippen LogP contribution in [0.1, 0.15) is 38.7 Å². The lowest BCUT2D eigenvalue weighted by Gasteiger charge is -2.46. The van der Waals surface area contributed by atoms with Gasteiger partial charge in [0.2, 0.25) is 11.8 Å². The summed E-state index contributed by atoms with van der Waals surface area (Å²) >= 11 is 0. The molecule has 0 bridgehead atoms. The van der Waals surface area contributed by atoms with Crippen LogP contribution in [-0.2, 0) is 23.2 Å². The zero-order chi connectivity index (χ0) is 15.2. The molecule has 1 saturated carbocycles. The quantitative estimate of drug-likeness (QED) is 0.893. The summed E-state index contributed by atoms with van der Waals surface area (Å²) in [6.45, 7) is 4.27. The molecule has 0 aromatic carbocycles. The van der Waals surface area contributed by atoms with Crippen LogP contribution in [0.15, 0.2) is 12.4 Å². The van der Waals surface area contributed by atoms with Crippen molar-refractivity contribution >= 4 is 11.8 Å². The van der Waals surface area contributed by atoms with Gasteiger partial charge in [-0.3, -0.25) is 14.3 Å². The number of nitrogens with zero attached hydrogens (tertiary/aromatic N) is 3. The second-order valence-electron chi connectivity index (χ2n) is 6.30. The Kier molecular flexibility index (Phi) is 3.26. The van der Waals surface area contributed by atoms with E-state index in [0.29, 0.717) is 13.0 Å². The molecular formula is C15H22N4O2. The third kappa shape index (κ3) is 2.22. The molecule has 2 heterocycles. The summed E-state index contributed by atoms with van der Waals surface area (Å²) in [5, 5.41) is 7.05. The number of aromatic nitrogens is 2. The van der Waals surface area contributed by atoms with Crippen LogP contribution in [0.25, 0.3) is 0 Å². The number of piperazine rings is 1. The van der Waals surface area contributed by atoms with Gasteiger partial charge in [-0.2, -0.15) is 5.10 Å². The zero-order valence-corrected chi connectivity index (χ0v) is 12.8. The lowest BCUT2D eigenvalue weighted by atomic mass is 9.87. The Morgan fingerprint density at radius 3 is 2.67 bits per heavy atom. The SMILES string of the molecule is CCC1NC(=O)C(C)(C2CC2)N(Cc2cnn(C)c2)C1=O. The van der Waals surface area contributed by atoms with E-state index in [0.717, 1.165) is 18.4 Å². The number of aryl methyl sites for hydroxylation is 1. The van der Waals surface area contributed by atoms with Crippen molar-refractivity contribution in [3.05, 3.63) is 18.0 Å². The first-order valence-corrected chi connectivity index (χ1v) is 7.56. The van der Waals surface area contributed by atoms with Crippen molar-refractivity contribution in [3.63, 3.8) is 0 Å². The van der Waals surface area contributed by atoms with Gasteiger partial charge in [0.15, 0.2) is 0 Å². The van der Waals surface area contributed by atoms with E-state index in [-0.39, 0.29) is 17.7 Å². The number of carbonyl (C=O) groups is 2. The molecule has 0 radical (unpaired) electrons. The van der Waals surface area contributed by atoms with Crippen molar-refractivity contribution in [1.29, 1.82) is 0 Å². The van der Waals surface area contributed by atoms with Gasteiger partial charge in [-0.05, 0) is 32.1 Å². The minimum absolute atomic E-state index is 0.0136.